The molecule has 0 radical (unpaired) electrons. The zero-order valence-electron chi connectivity index (χ0n) is 14.9. The average molecular weight is 394 g/mol. The van der Waals surface area contributed by atoms with Gasteiger partial charge in [0.05, 0.1) is 35.6 Å². The Labute approximate surface area is 161 Å². The summed E-state index contributed by atoms with van der Waals surface area (Å²) in [5, 5.41) is 3.02. The molecule has 0 aromatic heterocycles. The lowest BCUT2D eigenvalue weighted by molar-refractivity contribution is -0.146. The molecule has 1 aromatic rings. The van der Waals surface area contributed by atoms with E-state index >= 15 is 0 Å². The molecule has 0 fully saturated rings. The van der Waals surface area contributed by atoms with Gasteiger partial charge in [-0.05, 0) is 24.1 Å². The summed E-state index contributed by atoms with van der Waals surface area (Å²) in [5.41, 5.74) is 1.74. The predicted octanol–water partition coefficient (Wildman–Crippen LogP) is 3.51. The fourth-order valence-corrected chi connectivity index (χ4v) is 3.53. The summed E-state index contributed by atoms with van der Waals surface area (Å²) in [6.45, 7) is 0.0507. The van der Waals surface area contributed by atoms with Gasteiger partial charge in [0.1, 0.15) is 6.61 Å². The number of esters is 1. The Balaban J connectivity index is 1.64. The normalized spacial score (nSPS) is 23.4. The summed E-state index contributed by atoms with van der Waals surface area (Å²) in [6.07, 6.45) is 2.76. The number of para-hydroxylation sites is 1. The number of amides is 1. The van der Waals surface area contributed by atoms with Gasteiger partial charge >= 0.3 is 12.1 Å². The fraction of sp³-hybridized carbons (Fsp3) is 0.368. The van der Waals surface area contributed by atoms with Crippen LogP contribution in [0.25, 0.3) is 0 Å². The highest BCUT2D eigenvalue weighted by atomic mass is 35.5. The highest BCUT2D eigenvalue weighted by Crippen LogP contribution is 2.43. The molecule has 1 heterocycles. The number of ether oxygens (including phenoxy) is 4. The van der Waals surface area contributed by atoms with Crippen LogP contribution in [0.2, 0.25) is 5.02 Å². The van der Waals surface area contributed by atoms with E-state index in [0.717, 1.165) is 5.57 Å². The molecule has 0 unspecified atom stereocenters. The number of hydrogen-bond acceptors (Lipinski definition) is 6. The molecule has 7 nitrogen and oxygen atoms in total. The van der Waals surface area contributed by atoms with Crippen molar-refractivity contribution in [3.63, 3.8) is 0 Å². The first-order valence-corrected chi connectivity index (χ1v) is 8.76. The van der Waals surface area contributed by atoms with E-state index in [2.05, 4.69) is 5.32 Å². The van der Waals surface area contributed by atoms with E-state index in [1.54, 1.807) is 24.3 Å². The Hall–Kier alpha value is -2.51. The van der Waals surface area contributed by atoms with Crippen LogP contribution in [0.4, 0.5) is 10.5 Å². The molecule has 27 heavy (non-hydrogen) atoms. The van der Waals surface area contributed by atoms with Gasteiger partial charge in [0.25, 0.3) is 0 Å². The van der Waals surface area contributed by atoms with Crippen molar-refractivity contribution in [2.75, 3.05) is 26.1 Å². The molecule has 3 atom stereocenters. The van der Waals surface area contributed by atoms with E-state index in [9.17, 15) is 9.59 Å². The molecule has 0 bridgehead atoms. The number of benzene rings is 1. The van der Waals surface area contributed by atoms with Gasteiger partial charge in [-0.3, -0.25) is 5.32 Å². The fourth-order valence-electron chi connectivity index (χ4n) is 3.35. The number of carbonyl (C=O) groups excluding carboxylic acids is 2. The molecular weight excluding hydrogens is 374 g/mol. The third-order valence-corrected chi connectivity index (χ3v) is 4.98. The summed E-state index contributed by atoms with van der Waals surface area (Å²) >= 11 is 6.02. The maximum atomic E-state index is 12.1. The van der Waals surface area contributed by atoms with E-state index in [0.29, 0.717) is 22.7 Å². The minimum atomic E-state index is -0.623. The van der Waals surface area contributed by atoms with Gasteiger partial charge in [-0.15, -0.1) is 0 Å². The van der Waals surface area contributed by atoms with Gasteiger partial charge in [0.2, 0.25) is 6.29 Å². The van der Waals surface area contributed by atoms with E-state index in [1.165, 1.54) is 20.5 Å². The van der Waals surface area contributed by atoms with Crippen LogP contribution in [0.15, 0.2) is 47.7 Å². The van der Waals surface area contributed by atoms with Crippen molar-refractivity contribution in [2.45, 2.75) is 12.7 Å². The molecule has 1 amide bonds. The van der Waals surface area contributed by atoms with Crippen molar-refractivity contribution in [3.05, 3.63) is 52.8 Å². The van der Waals surface area contributed by atoms with E-state index in [-0.39, 0.29) is 18.4 Å². The molecule has 1 aliphatic heterocycles. The Morgan fingerprint density at radius 1 is 1.30 bits per heavy atom. The Kier molecular flexibility index (Phi) is 6.03. The Morgan fingerprint density at radius 2 is 2.07 bits per heavy atom. The number of rotatable bonds is 5. The quantitative estimate of drug-likeness (QED) is 0.608. The van der Waals surface area contributed by atoms with Gasteiger partial charge in [-0.2, -0.15) is 0 Å². The molecule has 1 aliphatic carbocycles. The maximum Gasteiger partial charge on any atom is 0.411 e. The predicted molar refractivity (Wildman–Crippen MR) is 98.1 cm³/mol. The number of halogens is 1. The van der Waals surface area contributed by atoms with Crippen molar-refractivity contribution >= 4 is 29.4 Å². The number of methoxy groups -OCH3 is 2. The minimum Gasteiger partial charge on any atom is -0.471 e. The van der Waals surface area contributed by atoms with Crippen LogP contribution < -0.4 is 5.32 Å². The molecule has 1 aromatic carbocycles. The second kappa shape index (κ2) is 8.45. The highest BCUT2D eigenvalue weighted by Gasteiger charge is 2.44. The first kappa shape index (κ1) is 19.3. The standard InChI is InChI=1S/C19H20ClNO6/c1-24-17(22)13-10-26-18(25-2)16-11(7-8-12(13)16)9-27-19(23)21-15-6-4-3-5-14(15)20/h3-7,10,12,16,18H,8-9H2,1-2H3,(H,21,23)/t12-,16-,18-/m1/s1. The van der Waals surface area contributed by atoms with Crippen LogP contribution in [-0.2, 0) is 23.7 Å². The molecule has 8 heteroatoms. The number of anilines is 1. The molecule has 3 rings (SSSR count). The minimum absolute atomic E-state index is 0.0507. The summed E-state index contributed by atoms with van der Waals surface area (Å²) in [5.74, 6) is -0.810. The molecule has 144 valence electrons. The lowest BCUT2D eigenvalue weighted by Gasteiger charge is -2.33. The largest absolute Gasteiger partial charge is 0.471 e. The zero-order chi connectivity index (χ0) is 19.4. The van der Waals surface area contributed by atoms with Crippen molar-refractivity contribution < 1.29 is 28.5 Å². The molecule has 2 aliphatic rings. The highest BCUT2D eigenvalue weighted by molar-refractivity contribution is 6.33. The SMILES string of the molecule is COC(=O)C1=CO[C@@H](OC)[C@@H]2C(COC(=O)Nc3ccccc3Cl)=CC[C@H]12. The third kappa shape index (κ3) is 4.09. The zero-order valence-corrected chi connectivity index (χ0v) is 15.7. The second-order valence-electron chi connectivity index (χ2n) is 6.13. The van der Waals surface area contributed by atoms with E-state index < -0.39 is 18.4 Å². The number of carbonyl (C=O) groups is 2. The Bertz CT molecular complexity index is 790. The number of allylic oxidation sites excluding steroid dienone is 1. The summed E-state index contributed by atoms with van der Waals surface area (Å²) in [4.78, 5) is 24.1. The molecule has 0 saturated heterocycles. The molecule has 0 spiro atoms. The van der Waals surface area contributed by atoms with Crippen molar-refractivity contribution in [1.82, 2.24) is 0 Å². The van der Waals surface area contributed by atoms with E-state index in [4.69, 9.17) is 30.5 Å². The summed E-state index contributed by atoms with van der Waals surface area (Å²) < 4.78 is 21.1. The van der Waals surface area contributed by atoms with Crippen LogP contribution in [-0.4, -0.2) is 39.2 Å². The van der Waals surface area contributed by atoms with Crippen LogP contribution in [0.5, 0.6) is 0 Å². The van der Waals surface area contributed by atoms with Crippen molar-refractivity contribution in [2.24, 2.45) is 11.8 Å². The number of hydrogen-bond donors (Lipinski definition) is 1. The smallest absolute Gasteiger partial charge is 0.411 e. The molecular formula is C19H20ClNO6. The number of nitrogens with one attached hydrogen (secondary N) is 1. The van der Waals surface area contributed by atoms with E-state index in [1.807, 2.05) is 6.08 Å². The lowest BCUT2D eigenvalue weighted by atomic mass is 9.83. The first-order valence-electron chi connectivity index (χ1n) is 8.39. The lowest BCUT2D eigenvalue weighted by Crippen LogP contribution is -2.37. The van der Waals surface area contributed by atoms with Crippen LogP contribution in [0, 0.1) is 11.8 Å². The molecule has 1 N–H and O–H groups in total. The third-order valence-electron chi connectivity index (χ3n) is 4.65. The summed E-state index contributed by atoms with van der Waals surface area (Å²) in [6, 6.07) is 6.87. The topological polar surface area (TPSA) is 83.1 Å². The summed E-state index contributed by atoms with van der Waals surface area (Å²) in [7, 11) is 2.85. The van der Waals surface area contributed by atoms with Gasteiger partial charge in [0, 0.05) is 13.0 Å². The van der Waals surface area contributed by atoms with Gasteiger partial charge in [-0.25, -0.2) is 9.59 Å². The average Bonchev–Trinajstić information content (AvgIpc) is 3.11. The van der Waals surface area contributed by atoms with Crippen LogP contribution >= 0.6 is 11.6 Å². The monoisotopic (exact) mass is 393 g/mol. The number of fused-ring (bicyclic) bond motifs is 1. The Morgan fingerprint density at radius 3 is 2.78 bits per heavy atom. The second-order valence-corrected chi connectivity index (χ2v) is 6.54. The maximum absolute atomic E-state index is 12.1. The first-order chi connectivity index (χ1) is 13.0. The van der Waals surface area contributed by atoms with Crippen molar-refractivity contribution in [1.29, 1.82) is 0 Å². The van der Waals surface area contributed by atoms with Gasteiger partial charge in [-0.1, -0.05) is 29.8 Å². The van der Waals surface area contributed by atoms with Gasteiger partial charge < -0.3 is 18.9 Å². The van der Waals surface area contributed by atoms with Crippen LogP contribution in [0.1, 0.15) is 6.42 Å². The molecule has 0 saturated carbocycles. The van der Waals surface area contributed by atoms with Crippen molar-refractivity contribution in [3.8, 4) is 0 Å². The van der Waals surface area contributed by atoms with Gasteiger partial charge in [0.15, 0.2) is 0 Å². The van der Waals surface area contributed by atoms with Crippen LogP contribution in [0.3, 0.4) is 0 Å².